The predicted molar refractivity (Wildman–Crippen MR) is 101 cm³/mol. The van der Waals surface area contributed by atoms with Gasteiger partial charge in [-0.3, -0.25) is 4.90 Å². The quantitative estimate of drug-likeness (QED) is 0.714. The Kier molecular flexibility index (Phi) is 6.39. The first-order valence-corrected chi connectivity index (χ1v) is 9.57. The van der Waals surface area contributed by atoms with Crippen molar-refractivity contribution in [3.63, 3.8) is 0 Å². The molecule has 2 aromatic heterocycles. The molecule has 8 nitrogen and oxygen atoms in total. The van der Waals surface area contributed by atoms with E-state index in [1.165, 1.54) is 0 Å². The van der Waals surface area contributed by atoms with Crippen LogP contribution in [-0.2, 0) is 11.2 Å². The van der Waals surface area contributed by atoms with E-state index in [9.17, 15) is 4.79 Å². The number of carbonyl (C=O) groups is 1. The van der Waals surface area contributed by atoms with Gasteiger partial charge in [0.2, 0.25) is 5.89 Å². The summed E-state index contributed by atoms with van der Waals surface area (Å²) in [4.78, 5) is 25.3. The van der Waals surface area contributed by atoms with Crippen molar-refractivity contribution in [3.8, 4) is 0 Å². The molecule has 1 fully saturated rings. The van der Waals surface area contributed by atoms with Gasteiger partial charge in [0.15, 0.2) is 5.82 Å². The van der Waals surface area contributed by atoms with Crippen LogP contribution in [0.3, 0.4) is 0 Å². The SMILES string of the molecule is CCOC(=O)c1ccc(N2CCCN(C(C)c3nc(CC)no3)CC2)nc1. The lowest BCUT2D eigenvalue weighted by molar-refractivity contribution is 0.0526. The molecule has 1 unspecified atom stereocenters. The molecule has 1 atom stereocenters. The van der Waals surface area contributed by atoms with Crippen LogP contribution in [0.1, 0.15) is 55.3 Å². The fourth-order valence-electron chi connectivity index (χ4n) is 3.20. The molecule has 0 aliphatic carbocycles. The summed E-state index contributed by atoms with van der Waals surface area (Å²) >= 11 is 0. The fourth-order valence-corrected chi connectivity index (χ4v) is 3.20. The van der Waals surface area contributed by atoms with Crippen LogP contribution in [0.25, 0.3) is 0 Å². The van der Waals surface area contributed by atoms with E-state index >= 15 is 0 Å². The van der Waals surface area contributed by atoms with E-state index < -0.39 is 0 Å². The van der Waals surface area contributed by atoms with E-state index in [4.69, 9.17) is 9.26 Å². The van der Waals surface area contributed by atoms with Crippen LogP contribution in [0, 0.1) is 0 Å². The second kappa shape index (κ2) is 8.94. The Bertz CT molecular complexity index is 746. The lowest BCUT2D eigenvalue weighted by Crippen LogP contribution is -2.33. The van der Waals surface area contributed by atoms with Gasteiger partial charge in [-0.05, 0) is 32.4 Å². The van der Waals surface area contributed by atoms with Crippen LogP contribution >= 0.6 is 0 Å². The molecule has 0 amide bonds. The van der Waals surface area contributed by atoms with Gasteiger partial charge in [-0.2, -0.15) is 4.98 Å². The Morgan fingerprint density at radius 3 is 2.78 bits per heavy atom. The molecule has 0 saturated carbocycles. The number of aryl methyl sites for hydroxylation is 1. The Morgan fingerprint density at radius 1 is 1.26 bits per heavy atom. The monoisotopic (exact) mass is 373 g/mol. The summed E-state index contributed by atoms with van der Waals surface area (Å²) in [5.74, 6) is 1.97. The van der Waals surface area contributed by atoms with Crippen LogP contribution in [0.15, 0.2) is 22.9 Å². The Labute approximate surface area is 159 Å². The first kappa shape index (κ1) is 19.3. The Balaban J connectivity index is 1.61. The number of aromatic nitrogens is 3. The predicted octanol–water partition coefficient (Wildman–Crippen LogP) is 2.48. The average molecular weight is 373 g/mol. The lowest BCUT2D eigenvalue weighted by Gasteiger charge is -2.25. The van der Waals surface area contributed by atoms with Gasteiger partial charge in [0, 0.05) is 38.8 Å². The normalized spacial score (nSPS) is 16.8. The molecule has 1 aliphatic rings. The maximum Gasteiger partial charge on any atom is 0.339 e. The Morgan fingerprint density at radius 2 is 2.11 bits per heavy atom. The van der Waals surface area contributed by atoms with Crippen molar-refractivity contribution in [3.05, 3.63) is 35.6 Å². The van der Waals surface area contributed by atoms with Gasteiger partial charge in [-0.25, -0.2) is 9.78 Å². The van der Waals surface area contributed by atoms with Crippen LogP contribution in [-0.4, -0.2) is 58.8 Å². The molecule has 3 rings (SSSR count). The van der Waals surface area contributed by atoms with Crippen LogP contribution in [0.4, 0.5) is 5.82 Å². The molecule has 3 heterocycles. The van der Waals surface area contributed by atoms with Crippen molar-refractivity contribution in [1.82, 2.24) is 20.0 Å². The number of carbonyl (C=O) groups excluding carboxylic acids is 1. The number of nitrogens with zero attached hydrogens (tertiary/aromatic N) is 5. The summed E-state index contributed by atoms with van der Waals surface area (Å²) in [6, 6.07) is 3.75. The highest BCUT2D eigenvalue weighted by molar-refractivity contribution is 5.89. The molecule has 2 aromatic rings. The van der Waals surface area contributed by atoms with E-state index in [1.54, 1.807) is 19.2 Å². The molecule has 0 N–H and O–H groups in total. The van der Waals surface area contributed by atoms with E-state index in [1.807, 2.05) is 13.0 Å². The molecule has 1 saturated heterocycles. The second-order valence-corrected chi connectivity index (χ2v) is 6.58. The van der Waals surface area contributed by atoms with Gasteiger partial charge in [-0.1, -0.05) is 12.1 Å². The number of hydrogen-bond acceptors (Lipinski definition) is 8. The molecule has 0 bridgehead atoms. The van der Waals surface area contributed by atoms with Crippen molar-refractivity contribution < 1.29 is 14.1 Å². The largest absolute Gasteiger partial charge is 0.462 e. The van der Waals surface area contributed by atoms with Crippen molar-refractivity contribution in [2.45, 2.75) is 39.7 Å². The fraction of sp³-hybridized carbons (Fsp3) is 0.579. The van der Waals surface area contributed by atoms with E-state index in [0.717, 1.165) is 50.7 Å². The smallest absolute Gasteiger partial charge is 0.339 e. The molecule has 8 heteroatoms. The number of anilines is 1. The zero-order valence-corrected chi connectivity index (χ0v) is 16.2. The molecule has 146 valence electrons. The summed E-state index contributed by atoms with van der Waals surface area (Å²) < 4.78 is 10.4. The maximum atomic E-state index is 11.8. The number of esters is 1. The van der Waals surface area contributed by atoms with Crippen LogP contribution in [0.2, 0.25) is 0 Å². The van der Waals surface area contributed by atoms with Gasteiger partial charge in [0.05, 0.1) is 18.2 Å². The zero-order valence-electron chi connectivity index (χ0n) is 16.2. The van der Waals surface area contributed by atoms with Crippen molar-refractivity contribution in [2.75, 3.05) is 37.7 Å². The molecular weight excluding hydrogens is 346 g/mol. The highest BCUT2D eigenvalue weighted by Gasteiger charge is 2.24. The molecule has 0 aromatic carbocycles. The zero-order chi connectivity index (χ0) is 19.2. The van der Waals surface area contributed by atoms with E-state index in [2.05, 4.69) is 31.8 Å². The number of pyridine rings is 1. The van der Waals surface area contributed by atoms with Crippen molar-refractivity contribution in [1.29, 1.82) is 0 Å². The summed E-state index contributed by atoms with van der Waals surface area (Å²) in [5.41, 5.74) is 0.480. The van der Waals surface area contributed by atoms with Gasteiger partial charge in [-0.15, -0.1) is 0 Å². The highest BCUT2D eigenvalue weighted by Crippen LogP contribution is 2.22. The molecule has 1 aliphatic heterocycles. The molecular formula is C19H27N5O3. The van der Waals surface area contributed by atoms with Crippen LogP contribution in [0.5, 0.6) is 0 Å². The molecule has 0 radical (unpaired) electrons. The summed E-state index contributed by atoms with van der Waals surface area (Å²) in [5, 5.41) is 4.00. The van der Waals surface area contributed by atoms with E-state index in [-0.39, 0.29) is 12.0 Å². The average Bonchev–Trinajstić information content (AvgIpc) is 3.04. The number of rotatable bonds is 6. The summed E-state index contributed by atoms with van der Waals surface area (Å²) in [6.45, 7) is 9.89. The minimum atomic E-state index is -0.335. The molecule has 27 heavy (non-hydrogen) atoms. The topological polar surface area (TPSA) is 84.6 Å². The van der Waals surface area contributed by atoms with Crippen molar-refractivity contribution in [2.24, 2.45) is 0 Å². The third-order valence-corrected chi connectivity index (χ3v) is 4.82. The number of hydrogen-bond donors (Lipinski definition) is 0. The van der Waals surface area contributed by atoms with Gasteiger partial charge in [0.1, 0.15) is 5.82 Å². The standard InChI is InChI=1S/C19H27N5O3/c1-4-16-21-18(27-22-16)14(3)23-9-6-10-24(12-11-23)17-8-7-15(13-20-17)19(25)26-5-2/h7-8,13-14H,4-6,9-12H2,1-3H3. The molecule has 0 spiro atoms. The first-order chi connectivity index (χ1) is 13.1. The highest BCUT2D eigenvalue weighted by atomic mass is 16.5. The Hall–Kier alpha value is -2.48. The van der Waals surface area contributed by atoms with Gasteiger partial charge < -0.3 is 14.2 Å². The second-order valence-electron chi connectivity index (χ2n) is 6.58. The van der Waals surface area contributed by atoms with E-state index in [0.29, 0.717) is 18.1 Å². The number of ether oxygens (including phenoxy) is 1. The summed E-state index contributed by atoms with van der Waals surface area (Å²) in [6.07, 6.45) is 3.38. The van der Waals surface area contributed by atoms with Crippen molar-refractivity contribution >= 4 is 11.8 Å². The summed E-state index contributed by atoms with van der Waals surface area (Å²) in [7, 11) is 0. The third kappa shape index (κ3) is 4.63. The van der Waals surface area contributed by atoms with Crippen LogP contribution < -0.4 is 4.90 Å². The maximum absolute atomic E-state index is 11.8. The minimum absolute atomic E-state index is 0.0944. The third-order valence-electron chi connectivity index (χ3n) is 4.82. The first-order valence-electron chi connectivity index (χ1n) is 9.57. The van der Waals surface area contributed by atoms with Gasteiger partial charge >= 0.3 is 5.97 Å². The lowest BCUT2D eigenvalue weighted by atomic mass is 10.2. The minimum Gasteiger partial charge on any atom is -0.462 e. The van der Waals surface area contributed by atoms with Gasteiger partial charge in [0.25, 0.3) is 0 Å².